The van der Waals surface area contributed by atoms with Gasteiger partial charge in [0.25, 0.3) is 0 Å². The topological polar surface area (TPSA) is 35.8 Å². The maximum Gasteiger partial charge on any atom is 0.101 e. The molecule has 1 saturated carbocycles. The van der Waals surface area contributed by atoms with Crippen molar-refractivity contribution in [2.75, 3.05) is 11.9 Å². The van der Waals surface area contributed by atoms with E-state index in [4.69, 9.17) is 16.9 Å². The Balaban J connectivity index is 1.77. The highest BCUT2D eigenvalue weighted by Gasteiger charge is 2.17. The number of hydrogen-bond acceptors (Lipinski definition) is 2. The average molecular weight is 277 g/mol. The van der Waals surface area contributed by atoms with Gasteiger partial charge in [0.1, 0.15) is 6.07 Å². The van der Waals surface area contributed by atoms with E-state index in [1.54, 1.807) is 6.07 Å². The van der Waals surface area contributed by atoms with Crippen LogP contribution < -0.4 is 5.32 Å². The molecule has 19 heavy (non-hydrogen) atoms. The second kappa shape index (κ2) is 6.82. The van der Waals surface area contributed by atoms with E-state index in [0.29, 0.717) is 10.6 Å². The molecule has 0 heterocycles. The van der Waals surface area contributed by atoms with Crippen LogP contribution in [0.1, 0.15) is 44.6 Å². The van der Waals surface area contributed by atoms with Crippen molar-refractivity contribution in [1.29, 1.82) is 5.26 Å². The molecule has 0 aliphatic heterocycles. The average Bonchev–Trinajstić information content (AvgIpc) is 2.41. The molecular weight excluding hydrogens is 256 g/mol. The normalized spacial score (nSPS) is 22.8. The van der Waals surface area contributed by atoms with Gasteiger partial charge in [-0.2, -0.15) is 5.26 Å². The number of nitrogens with one attached hydrogen (secondary N) is 1. The molecular formula is C16H21ClN2. The summed E-state index contributed by atoms with van der Waals surface area (Å²) >= 11 is 6.01. The fourth-order valence-electron chi connectivity index (χ4n) is 2.75. The number of rotatable bonds is 4. The summed E-state index contributed by atoms with van der Waals surface area (Å²) in [6.07, 6.45) is 6.74. The van der Waals surface area contributed by atoms with Gasteiger partial charge >= 0.3 is 0 Å². The molecule has 1 aliphatic rings. The van der Waals surface area contributed by atoms with Gasteiger partial charge in [0.15, 0.2) is 0 Å². The van der Waals surface area contributed by atoms with Gasteiger partial charge in [-0.3, -0.25) is 0 Å². The molecule has 1 fully saturated rings. The highest BCUT2D eigenvalue weighted by molar-refractivity contribution is 6.32. The predicted molar refractivity (Wildman–Crippen MR) is 80.4 cm³/mol. The Bertz CT molecular complexity index is 456. The van der Waals surface area contributed by atoms with Gasteiger partial charge < -0.3 is 5.32 Å². The van der Waals surface area contributed by atoms with Crippen LogP contribution in [0.5, 0.6) is 0 Å². The van der Waals surface area contributed by atoms with Crippen LogP contribution in [0.25, 0.3) is 0 Å². The summed E-state index contributed by atoms with van der Waals surface area (Å²) in [5.41, 5.74) is 1.54. The molecule has 1 aromatic rings. The van der Waals surface area contributed by atoms with E-state index in [-0.39, 0.29) is 0 Å². The highest BCUT2D eigenvalue weighted by Crippen LogP contribution is 2.30. The third-order valence-electron chi connectivity index (χ3n) is 4.11. The first-order chi connectivity index (χ1) is 9.19. The standard InChI is InChI=1S/C16H21ClN2/c1-12-2-4-13(5-3-12)8-9-19-15-7-6-14(11-18)16(17)10-15/h6-7,10,12-13,19H,2-5,8-9H2,1H3. The molecule has 2 nitrogen and oxygen atoms in total. The lowest BCUT2D eigenvalue weighted by atomic mass is 9.81. The van der Waals surface area contributed by atoms with Crippen molar-refractivity contribution >= 4 is 17.3 Å². The number of hydrogen-bond donors (Lipinski definition) is 1. The van der Waals surface area contributed by atoms with E-state index in [2.05, 4.69) is 18.3 Å². The van der Waals surface area contributed by atoms with E-state index < -0.39 is 0 Å². The van der Waals surface area contributed by atoms with Crippen molar-refractivity contribution in [2.45, 2.75) is 39.0 Å². The lowest BCUT2D eigenvalue weighted by molar-refractivity contribution is 0.282. The molecule has 0 amide bonds. The minimum atomic E-state index is 0.527. The molecule has 0 bridgehead atoms. The Morgan fingerprint density at radius 3 is 2.68 bits per heavy atom. The van der Waals surface area contributed by atoms with Crippen LogP contribution in [-0.4, -0.2) is 6.54 Å². The zero-order valence-corrected chi connectivity index (χ0v) is 12.2. The van der Waals surface area contributed by atoms with E-state index in [0.717, 1.165) is 24.1 Å². The SMILES string of the molecule is CC1CCC(CCNc2ccc(C#N)c(Cl)c2)CC1. The Morgan fingerprint density at radius 2 is 2.05 bits per heavy atom. The van der Waals surface area contributed by atoms with Crippen molar-refractivity contribution in [3.05, 3.63) is 28.8 Å². The van der Waals surface area contributed by atoms with Crippen LogP contribution in [0.3, 0.4) is 0 Å². The number of anilines is 1. The van der Waals surface area contributed by atoms with E-state index >= 15 is 0 Å². The van der Waals surface area contributed by atoms with Crippen molar-refractivity contribution in [3.63, 3.8) is 0 Å². The van der Waals surface area contributed by atoms with Gasteiger partial charge in [-0.15, -0.1) is 0 Å². The lowest BCUT2D eigenvalue weighted by Crippen LogP contribution is -2.15. The molecule has 1 N–H and O–H groups in total. The van der Waals surface area contributed by atoms with Gasteiger partial charge in [0, 0.05) is 12.2 Å². The van der Waals surface area contributed by atoms with Crippen LogP contribution in [0, 0.1) is 23.2 Å². The molecule has 0 spiro atoms. The van der Waals surface area contributed by atoms with Gasteiger partial charge in [0.2, 0.25) is 0 Å². The summed E-state index contributed by atoms with van der Waals surface area (Å²) in [6.45, 7) is 3.34. The second-order valence-corrected chi connectivity index (χ2v) is 6.05. The zero-order chi connectivity index (χ0) is 13.7. The summed E-state index contributed by atoms with van der Waals surface area (Å²) in [6, 6.07) is 7.61. The summed E-state index contributed by atoms with van der Waals surface area (Å²) < 4.78 is 0. The summed E-state index contributed by atoms with van der Waals surface area (Å²) in [4.78, 5) is 0. The number of nitrogens with zero attached hydrogens (tertiary/aromatic N) is 1. The first-order valence-corrected chi connectivity index (χ1v) is 7.50. The summed E-state index contributed by atoms with van der Waals surface area (Å²) in [5, 5.41) is 12.8. The number of halogens is 1. The van der Waals surface area contributed by atoms with Crippen LogP contribution >= 0.6 is 11.6 Å². The van der Waals surface area contributed by atoms with E-state index in [1.165, 1.54) is 32.1 Å². The summed E-state index contributed by atoms with van der Waals surface area (Å²) in [7, 11) is 0. The molecule has 1 aromatic carbocycles. The molecule has 0 aromatic heterocycles. The van der Waals surface area contributed by atoms with Crippen LogP contribution in [0.15, 0.2) is 18.2 Å². The third-order valence-corrected chi connectivity index (χ3v) is 4.42. The molecule has 3 heteroatoms. The Kier molecular flexibility index (Phi) is 5.10. The monoisotopic (exact) mass is 276 g/mol. The molecule has 0 radical (unpaired) electrons. The Morgan fingerprint density at radius 1 is 1.32 bits per heavy atom. The second-order valence-electron chi connectivity index (χ2n) is 5.65. The van der Waals surface area contributed by atoms with Gasteiger partial charge in [0.05, 0.1) is 10.6 Å². The smallest absolute Gasteiger partial charge is 0.101 e. The molecule has 0 unspecified atom stereocenters. The van der Waals surface area contributed by atoms with Gasteiger partial charge in [-0.05, 0) is 36.5 Å². The van der Waals surface area contributed by atoms with Crippen molar-refractivity contribution in [3.8, 4) is 6.07 Å². The molecule has 0 saturated heterocycles. The minimum absolute atomic E-state index is 0.527. The number of benzene rings is 1. The first-order valence-electron chi connectivity index (χ1n) is 7.12. The maximum absolute atomic E-state index is 8.82. The minimum Gasteiger partial charge on any atom is -0.385 e. The fraction of sp³-hybridized carbons (Fsp3) is 0.562. The largest absolute Gasteiger partial charge is 0.385 e. The zero-order valence-electron chi connectivity index (χ0n) is 11.5. The maximum atomic E-state index is 8.82. The fourth-order valence-corrected chi connectivity index (χ4v) is 2.98. The summed E-state index contributed by atoms with van der Waals surface area (Å²) in [5.74, 6) is 1.79. The van der Waals surface area contributed by atoms with Crippen LogP contribution in [0.4, 0.5) is 5.69 Å². The quantitative estimate of drug-likeness (QED) is 0.854. The lowest BCUT2D eigenvalue weighted by Gasteiger charge is -2.26. The van der Waals surface area contributed by atoms with Crippen molar-refractivity contribution < 1.29 is 0 Å². The molecule has 102 valence electrons. The van der Waals surface area contributed by atoms with Crippen molar-refractivity contribution in [2.24, 2.45) is 11.8 Å². The molecule has 1 aliphatic carbocycles. The Hall–Kier alpha value is -1.20. The van der Waals surface area contributed by atoms with Crippen LogP contribution in [-0.2, 0) is 0 Å². The number of nitriles is 1. The molecule has 0 atom stereocenters. The van der Waals surface area contributed by atoms with E-state index in [9.17, 15) is 0 Å². The Labute approximate surface area is 120 Å². The molecule has 2 rings (SSSR count). The van der Waals surface area contributed by atoms with Gasteiger partial charge in [-0.25, -0.2) is 0 Å². The van der Waals surface area contributed by atoms with Gasteiger partial charge in [-0.1, -0.05) is 44.2 Å². The van der Waals surface area contributed by atoms with Crippen molar-refractivity contribution in [1.82, 2.24) is 0 Å². The highest BCUT2D eigenvalue weighted by atomic mass is 35.5. The third kappa shape index (κ3) is 4.14. The predicted octanol–water partition coefficient (Wildman–Crippen LogP) is 4.84. The van der Waals surface area contributed by atoms with Crippen LogP contribution in [0.2, 0.25) is 5.02 Å². The first kappa shape index (κ1) is 14.2. The van der Waals surface area contributed by atoms with E-state index in [1.807, 2.05) is 12.1 Å².